The third kappa shape index (κ3) is 5.21. The summed E-state index contributed by atoms with van der Waals surface area (Å²) in [5.41, 5.74) is 1.52. The van der Waals surface area contributed by atoms with Crippen molar-refractivity contribution in [3.8, 4) is 11.6 Å². The van der Waals surface area contributed by atoms with Crippen molar-refractivity contribution in [2.24, 2.45) is 0 Å². The van der Waals surface area contributed by atoms with Crippen LogP contribution in [0.25, 0.3) is 10.8 Å². The first-order valence-corrected chi connectivity index (χ1v) is 12.3. The monoisotopic (exact) mass is 490 g/mol. The number of carbonyl (C=O) groups excluding carboxylic acids is 1. The quantitative estimate of drug-likeness (QED) is 0.288. The van der Waals surface area contributed by atoms with Crippen molar-refractivity contribution < 1.29 is 18.7 Å². The Balaban J connectivity index is 1.42. The van der Waals surface area contributed by atoms with Crippen LogP contribution in [0.15, 0.2) is 72.0 Å². The number of anilines is 2. The Labute approximate surface area is 206 Å². The maximum Gasteiger partial charge on any atom is 0.255 e. The van der Waals surface area contributed by atoms with Gasteiger partial charge in [-0.05, 0) is 36.6 Å². The van der Waals surface area contributed by atoms with E-state index < -0.39 is 11.7 Å². The summed E-state index contributed by atoms with van der Waals surface area (Å²) in [7, 11) is 0. The molecule has 1 amide bonds. The number of thioether (sulfide) groups is 1. The van der Waals surface area contributed by atoms with Crippen molar-refractivity contribution in [1.29, 1.82) is 0 Å². The Kier molecular flexibility index (Phi) is 6.78. The molecule has 3 aromatic carbocycles. The van der Waals surface area contributed by atoms with Gasteiger partial charge in [0.1, 0.15) is 11.6 Å². The third-order valence-corrected chi connectivity index (χ3v) is 6.22. The zero-order valence-electron chi connectivity index (χ0n) is 19.0. The van der Waals surface area contributed by atoms with Crippen LogP contribution in [-0.4, -0.2) is 48.4 Å². The number of halogens is 1. The van der Waals surface area contributed by atoms with Crippen LogP contribution in [0.5, 0.6) is 11.6 Å². The van der Waals surface area contributed by atoms with E-state index in [0.29, 0.717) is 54.5 Å². The number of morpholine rings is 1. The Bertz CT molecular complexity index is 1380. The Hall–Kier alpha value is -3.69. The predicted octanol–water partition coefficient (Wildman–Crippen LogP) is 5.37. The van der Waals surface area contributed by atoms with Gasteiger partial charge >= 0.3 is 0 Å². The zero-order chi connectivity index (χ0) is 24.2. The zero-order valence-corrected chi connectivity index (χ0v) is 19.8. The predicted molar refractivity (Wildman–Crippen MR) is 135 cm³/mol. The second kappa shape index (κ2) is 10.3. The Morgan fingerprint density at radius 2 is 1.89 bits per heavy atom. The van der Waals surface area contributed by atoms with Gasteiger partial charge in [-0.25, -0.2) is 9.37 Å². The molecule has 0 spiro atoms. The van der Waals surface area contributed by atoms with Crippen LogP contribution in [-0.2, 0) is 4.74 Å². The third-order valence-electron chi connectivity index (χ3n) is 5.66. The molecule has 1 fully saturated rings. The molecular weight excluding hydrogens is 467 g/mol. The molecule has 1 aromatic heterocycles. The molecule has 1 aliphatic heterocycles. The van der Waals surface area contributed by atoms with Crippen molar-refractivity contribution in [2.75, 3.05) is 42.8 Å². The molecule has 9 heteroatoms. The number of hydrogen-bond donors (Lipinski definition) is 1. The molecule has 0 radical (unpaired) electrons. The molecule has 0 bridgehead atoms. The van der Waals surface area contributed by atoms with E-state index in [-0.39, 0.29) is 5.56 Å². The van der Waals surface area contributed by atoms with E-state index in [2.05, 4.69) is 15.3 Å². The number of rotatable bonds is 6. The molecule has 1 saturated heterocycles. The number of ether oxygens (including phenoxy) is 2. The lowest BCUT2D eigenvalue weighted by atomic mass is 10.1. The van der Waals surface area contributed by atoms with E-state index in [1.807, 2.05) is 35.4 Å². The standard InChI is InChI=1S/C26H23FN4O3S/c1-35-26-28-9-8-24(30-26)34-23-7-6-22(20-4-2-3-5-21(20)23)29-25(32)17-14-18(27)16-19(15-17)31-10-12-33-13-11-31/h2-9,14-16H,10-13H2,1H3,(H,29,32). The molecule has 35 heavy (non-hydrogen) atoms. The number of amides is 1. The van der Waals surface area contributed by atoms with Crippen LogP contribution in [0, 0.1) is 5.82 Å². The summed E-state index contributed by atoms with van der Waals surface area (Å²) in [5.74, 6) is 0.187. The fourth-order valence-electron chi connectivity index (χ4n) is 3.97. The van der Waals surface area contributed by atoms with Crippen molar-refractivity contribution in [3.63, 3.8) is 0 Å². The van der Waals surface area contributed by atoms with Crippen LogP contribution in [0.4, 0.5) is 15.8 Å². The molecule has 1 N–H and O–H groups in total. The topological polar surface area (TPSA) is 76.6 Å². The summed E-state index contributed by atoms with van der Waals surface area (Å²) in [6.07, 6.45) is 3.55. The molecule has 0 atom stereocenters. The van der Waals surface area contributed by atoms with E-state index in [0.717, 1.165) is 10.8 Å². The lowest BCUT2D eigenvalue weighted by molar-refractivity contribution is 0.102. The summed E-state index contributed by atoms with van der Waals surface area (Å²) in [6, 6.07) is 17.2. The first-order valence-electron chi connectivity index (χ1n) is 11.1. The Morgan fingerprint density at radius 1 is 1.09 bits per heavy atom. The van der Waals surface area contributed by atoms with Gasteiger partial charge in [0.05, 0.1) is 13.2 Å². The summed E-state index contributed by atoms with van der Waals surface area (Å²) in [5, 5.41) is 5.15. The van der Waals surface area contributed by atoms with Gasteiger partial charge in [-0.3, -0.25) is 4.79 Å². The van der Waals surface area contributed by atoms with Gasteiger partial charge in [0, 0.05) is 53.1 Å². The van der Waals surface area contributed by atoms with Crippen LogP contribution in [0.2, 0.25) is 0 Å². The smallest absolute Gasteiger partial charge is 0.255 e. The number of fused-ring (bicyclic) bond motifs is 1. The first-order chi connectivity index (χ1) is 17.1. The van der Waals surface area contributed by atoms with Gasteiger partial charge < -0.3 is 19.7 Å². The van der Waals surface area contributed by atoms with Crippen LogP contribution < -0.4 is 15.0 Å². The normalized spacial score (nSPS) is 13.6. The fraction of sp³-hybridized carbons (Fsp3) is 0.192. The minimum absolute atomic E-state index is 0.251. The van der Waals surface area contributed by atoms with Gasteiger partial charge in [0.2, 0.25) is 5.88 Å². The summed E-state index contributed by atoms with van der Waals surface area (Å²) in [4.78, 5) is 23.7. The first kappa shape index (κ1) is 23.1. The van der Waals surface area contributed by atoms with Crippen LogP contribution >= 0.6 is 11.8 Å². The highest BCUT2D eigenvalue weighted by Gasteiger charge is 2.17. The molecule has 5 rings (SSSR count). The van der Waals surface area contributed by atoms with Gasteiger partial charge in [0.25, 0.3) is 5.91 Å². The lowest BCUT2D eigenvalue weighted by Gasteiger charge is -2.29. The van der Waals surface area contributed by atoms with E-state index in [4.69, 9.17) is 9.47 Å². The highest BCUT2D eigenvalue weighted by atomic mass is 32.2. The van der Waals surface area contributed by atoms with Crippen LogP contribution in [0.3, 0.4) is 0 Å². The van der Waals surface area contributed by atoms with Crippen LogP contribution in [0.1, 0.15) is 10.4 Å². The maximum atomic E-state index is 14.4. The number of nitrogens with zero attached hydrogens (tertiary/aromatic N) is 3. The highest BCUT2D eigenvalue weighted by molar-refractivity contribution is 7.98. The van der Waals surface area contributed by atoms with Crippen molar-refractivity contribution in [3.05, 3.63) is 78.2 Å². The average Bonchev–Trinajstić information content (AvgIpc) is 2.90. The van der Waals surface area contributed by atoms with E-state index in [1.54, 1.807) is 30.5 Å². The van der Waals surface area contributed by atoms with Gasteiger partial charge in [-0.15, -0.1) is 0 Å². The summed E-state index contributed by atoms with van der Waals surface area (Å²) < 4.78 is 25.8. The van der Waals surface area contributed by atoms with E-state index in [9.17, 15) is 9.18 Å². The van der Waals surface area contributed by atoms with E-state index in [1.165, 1.54) is 23.9 Å². The molecule has 178 valence electrons. The SMILES string of the molecule is CSc1nccc(Oc2ccc(NC(=O)c3cc(F)cc(N4CCOCC4)c3)c3ccccc23)n1. The minimum atomic E-state index is -0.456. The van der Waals surface area contributed by atoms with Gasteiger partial charge in [0.15, 0.2) is 5.16 Å². The minimum Gasteiger partial charge on any atom is -0.438 e. The van der Waals surface area contributed by atoms with Crippen molar-refractivity contribution >= 4 is 39.8 Å². The Morgan fingerprint density at radius 3 is 2.69 bits per heavy atom. The highest BCUT2D eigenvalue weighted by Crippen LogP contribution is 2.34. The number of benzene rings is 3. The number of carbonyl (C=O) groups is 1. The second-order valence-corrected chi connectivity index (χ2v) is 8.67. The number of aromatic nitrogens is 2. The number of nitrogens with one attached hydrogen (secondary N) is 1. The van der Waals surface area contributed by atoms with E-state index >= 15 is 0 Å². The molecule has 0 saturated carbocycles. The molecule has 4 aromatic rings. The lowest BCUT2D eigenvalue weighted by Crippen LogP contribution is -2.36. The summed E-state index contributed by atoms with van der Waals surface area (Å²) in [6.45, 7) is 2.46. The molecular formula is C26H23FN4O3S. The van der Waals surface area contributed by atoms with Crippen molar-refractivity contribution in [2.45, 2.75) is 5.16 Å². The van der Waals surface area contributed by atoms with Gasteiger partial charge in [-0.2, -0.15) is 4.98 Å². The average molecular weight is 491 g/mol. The second-order valence-electron chi connectivity index (χ2n) is 7.89. The molecule has 1 aliphatic rings. The summed E-state index contributed by atoms with van der Waals surface area (Å²) >= 11 is 1.43. The fourth-order valence-corrected chi connectivity index (χ4v) is 4.31. The largest absolute Gasteiger partial charge is 0.438 e. The number of hydrogen-bond acceptors (Lipinski definition) is 7. The van der Waals surface area contributed by atoms with Crippen molar-refractivity contribution in [1.82, 2.24) is 9.97 Å². The molecule has 2 heterocycles. The molecule has 7 nitrogen and oxygen atoms in total. The maximum absolute atomic E-state index is 14.4. The molecule has 0 unspecified atom stereocenters. The molecule has 0 aliphatic carbocycles. The van der Waals surface area contributed by atoms with Gasteiger partial charge in [-0.1, -0.05) is 36.0 Å².